The summed E-state index contributed by atoms with van der Waals surface area (Å²) in [6.45, 7) is -0.846. The van der Waals surface area contributed by atoms with E-state index < -0.39 is 73.6 Å². The third-order valence-corrected chi connectivity index (χ3v) is 5.59. The SMILES string of the molecule is CS(=O)(=O)OC[C@@H]1O[C@@H](O)[C@@H](OS(C)(=O)=O)[C@H](OC(=O)c2ccccc2)[C@@H]1OS(C)(=O)=O. The van der Waals surface area contributed by atoms with Crippen LogP contribution in [-0.2, 0) is 52.4 Å². The van der Waals surface area contributed by atoms with Crippen LogP contribution < -0.4 is 0 Å². The van der Waals surface area contributed by atoms with Crippen LogP contribution in [0.5, 0.6) is 0 Å². The lowest BCUT2D eigenvalue weighted by Crippen LogP contribution is -2.62. The maximum absolute atomic E-state index is 12.6. The first-order chi connectivity index (χ1) is 14.6. The molecule has 0 bridgehead atoms. The van der Waals surface area contributed by atoms with Crippen LogP contribution in [0.15, 0.2) is 30.3 Å². The van der Waals surface area contributed by atoms with Crippen LogP contribution in [0.4, 0.5) is 0 Å². The number of carbonyl (C=O) groups excluding carboxylic acids is 1. The average molecular weight is 519 g/mol. The topological polar surface area (TPSA) is 186 Å². The maximum Gasteiger partial charge on any atom is 0.338 e. The summed E-state index contributed by atoms with van der Waals surface area (Å²) in [5, 5.41) is 10.3. The first kappa shape index (κ1) is 26.6. The minimum absolute atomic E-state index is 0.00799. The van der Waals surface area contributed by atoms with E-state index in [1.807, 2.05) is 0 Å². The van der Waals surface area contributed by atoms with E-state index in [0.29, 0.717) is 18.8 Å². The molecule has 13 nitrogen and oxygen atoms in total. The fourth-order valence-corrected chi connectivity index (χ4v) is 4.37. The van der Waals surface area contributed by atoms with Crippen molar-refractivity contribution in [2.24, 2.45) is 0 Å². The number of carbonyl (C=O) groups is 1. The molecule has 1 aliphatic heterocycles. The minimum Gasteiger partial charge on any atom is -0.453 e. The van der Waals surface area contributed by atoms with Crippen LogP contribution >= 0.6 is 0 Å². The zero-order valence-corrected chi connectivity index (χ0v) is 19.5. The maximum atomic E-state index is 12.6. The van der Waals surface area contributed by atoms with Gasteiger partial charge in [-0.3, -0.25) is 12.5 Å². The van der Waals surface area contributed by atoms with Gasteiger partial charge < -0.3 is 14.6 Å². The Kier molecular flexibility index (Phi) is 8.38. The van der Waals surface area contributed by atoms with Crippen LogP contribution in [-0.4, -0.2) is 92.4 Å². The van der Waals surface area contributed by atoms with Crippen LogP contribution in [0, 0.1) is 0 Å². The molecule has 0 spiro atoms. The van der Waals surface area contributed by atoms with Crippen molar-refractivity contribution in [3.63, 3.8) is 0 Å². The van der Waals surface area contributed by atoms with E-state index in [4.69, 9.17) is 17.8 Å². The van der Waals surface area contributed by atoms with Gasteiger partial charge in [0.15, 0.2) is 18.5 Å². The lowest BCUT2D eigenvalue weighted by molar-refractivity contribution is -0.272. The first-order valence-electron chi connectivity index (χ1n) is 8.76. The molecule has 1 aromatic carbocycles. The second-order valence-electron chi connectivity index (χ2n) is 6.82. The molecule has 0 radical (unpaired) electrons. The number of benzene rings is 1. The molecule has 0 unspecified atom stereocenters. The third kappa shape index (κ3) is 8.36. The number of aliphatic hydroxyl groups excluding tert-OH is 1. The van der Waals surface area contributed by atoms with E-state index in [9.17, 15) is 35.2 Å². The fraction of sp³-hybridized carbons (Fsp3) is 0.562. The summed E-state index contributed by atoms with van der Waals surface area (Å²) < 4.78 is 94.4. The molecule has 5 atom stereocenters. The van der Waals surface area contributed by atoms with Crippen molar-refractivity contribution >= 4 is 36.3 Å². The van der Waals surface area contributed by atoms with Crippen molar-refractivity contribution in [1.29, 1.82) is 0 Å². The third-order valence-electron chi connectivity index (χ3n) is 3.88. The highest BCUT2D eigenvalue weighted by atomic mass is 32.2. The fourth-order valence-electron chi connectivity index (χ4n) is 2.74. The molecule has 16 heteroatoms. The molecule has 0 aliphatic carbocycles. The molecule has 1 aliphatic rings. The number of hydrogen-bond donors (Lipinski definition) is 1. The highest BCUT2D eigenvalue weighted by Gasteiger charge is 2.52. The van der Waals surface area contributed by atoms with Crippen molar-refractivity contribution < 1.29 is 57.2 Å². The van der Waals surface area contributed by atoms with Gasteiger partial charge in [0.2, 0.25) is 0 Å². The molecule has 0 aromatic heterocycles. The van der Waals surface area contributed by atoms with E-state index in [2.05, 4.69) is 4.18 Å². The molecule has 1 aromatic rings. The largest absolute Gasteiger partial charge is 0.453 e. The molecule has 182 valence electrons. The Labute approximate surface area is 185 Å². The number of rotatable bonds is 9. The summed E-state index contributed by atoms with van der Waals surface area (Å²) in [6.07, 6.45) is -7.37. The van der Waals surface area contributed by atoms with Crippen molar-refractivity contribution in [1.82, 2.24) is 0 Å². The Balaban J connectivity index is 2.48. The predicted molar refractivity (Wildman–Crippen MR) is 107 cm³/mol. The Morgan fingerprint density at radius 1 is 0.875 bits per heavy atom. The zero-order chi connectivity index (χ0) is 24.3. The van der Waals surface area contributed by atoms with Gasteiger partial charge in [0.1, 0.15) is 12.2 Å². The number of hydrogen-bond acceptors (Lipinski definition) is 13. The molecule has 32 heavy (non-hydrogen) atoms. The second kappa shape index (κ2) is 10.1. The molecule has 1 heterocycles. The highest BCUT2D eigenvalue weighted by Crippen LogP contribution is 2.30. The summed E-state index contributed by atoms with van der Waals surface area (Å²) in [4.78, 5) is 12.6. The zero-order valence-electron chi connectivity index (χ0n) is 17.1. The van der Waals surface area contributed by atoms with Gasteiger partial charge in [0.25, 0.3) is 30.4 Å². The molecule has 0 saturated carbocycles. The first-order valence-corrected chi connectivity index (χ1v) is 14.2. The number of ether oxygens (including phenoxy) is 2. The van der Waals surface area contributed by atoms with E-state index in [-0.39, 0.29) is 5.56 Å². The van der Waals surface area contributed by atoms with Crippen molar-refractivity contribution in [3.8, 4) is 0 Å². The molecule has 0 amide bonds. The number of aliphatic hydroxyl groups is 1. The molecular weight excluding hydrogens is 496 g/mol. The van der Waals surface area contributed by atoms with E-state index in [1.54, 1.807) is 6.07 Å². The smallest absolute Gasteiger partial charge is 0.338 e. The van der Waals surface area contributed by atoms with Gasteiger partial charge >= 0.3 is 5.97 Å². The van der Waals surface area contributed by atoms with Gasteiger partial charge in [-0.25, -0.2) is 4.79 Å². The summed E-state index contributed by atoms with van der Waals surface area (Å²) in [6, 6.07) is 7.35. The quantitative estimate of drug-likeness (QED) is 0.297. The van der Waals surface area contributed by atoms with E-state index in [1.165, 1.54) is 24.3 Å². The summed E-state index contributed by atoms with van der Waals surface area (Å²) in [5.41, 5.74) is 0.00799. The van der Waals surface area contributed by atoms with Gasteiger partial charge in [-0.1, -0.05) is 18.2 Å². The van der Waals surface area contributed by atoms with Crippen LogP contribution in [0.25, 0.3) is 0 Å². The van der Waals surface area contributed by atoms with Gasteiger partial charge in [-0.2, -0.15) is 25.3 Å². The van der Waals surface area contributed by atoms with Crippen LogP contribution in [0.3, 0.4) is 0 Å². The predicted octanol–water partition coefficient (Wildman–Crippen LogP) is -1.40. The van der Waals surface area contributed by atoms with Gasteiger partial charge in [0, 0.05) is 0 Å². The van der Waals surface area contributed by atoms with E-state index in [0.717, 1.165) is 0 Å². The highest BCUT2D eigenvalue weighted by molar-refractivity contribution is 7.86. The number of esters is 1. The molecule has 1 N–H and O–H groups in total. The van der Waals surface area contributed by atoms with Crippen molar-refractivity contribution in [2.75, 3.05) is 25.4 Å². The molecule has 1 fully saturated rings. The van der Waals surface area contributed by atoms with Crippen molar-refractivity contribution in [3.05, 3.63) is 35.9 Å². The summed E-state index contributed by atoms with van der Waals surface area (Å²) in [5.74, 6) is -1.03. The summed E-state index contributed by atoms with van der Waals surface area (Å²) >= 11 is 0. The Hall–Kier alpha value is -1.66. The Morgan fingerprint density at radius 3 is 1.91 bits per heavy atom. The molecule has 2 rings (SSSR count). The van der Waals surface area contributed by atoms with Crippen LogP contribution in [0.1, 0.15) is 10.4 Å². The standard InChI is InChI=1S/C16H22O13S3/c1-30(19,20)25-9-11-12(28-31(2,21)22)13(14(16(18)26-11)29-32(3,23)24)27-15(17)10-7-5-4-6-8-10/h4-8,11-14,16,18H,9H2,1-3H3/t11-,12+,13+,14-,16+/m0/s1. The second-order valence-corrected chi connectivity index (χ2v) is 11.7. The minimum atomic E-state index is -4.29. The lowest BCUT2D eigenvalue weighted by Gasteiger charge is -2.42. The van der Waals surface area contributed by atoms with Crippen molar-refractivity contribution in [2.45, 2.75) is 30.7 Å². The van der Waals surface area contributed by atoms with Gasteiger partial charge in [-0.15, -0.1) is 0 Å². The van der Waals surface area contributed by atoms with Gasteiger partial charge in [0.05, 0.1) is 30.9 Å². The Morgan fingerprint density at radius 2 is 1.41 bits per heavy atom. The molecular formula is C16H22O13S3. The van der Waals surface area contributed by atoms with E-state index >= 15 is 0 Å². The normalized spacial score (nSPS) is 27.1. The molecule has 1 saturated heterocycles. The average Bonchev–Trinajstić information content (AvgIpc) is 2.63. The Bertz CT molecular complexity index is 1110. The lowest BCUT2D eigenvalue weighted by atomic mass is 9.99. The van der Waals surface area contributed by atoms with Gasteiger partial charge in [-0.05, 0) is 12.1 Å². The van der Waals surface area contributed by atoms with Crippen LogP contribution in [0.2, 0.25) is 0 Å². The summed E-state index contributed by atoms with van der Waals surface area (Å²) in [7, 11) is -12.6. The monoisotopic (exact) mass is 518 g/mol.